The van der Waals surface area contributed by atoms with Crippen LogP contribution in [0, 0.1) is 0 Å². The zero-order valence-corrected chi connectivity index (χ0v) is 17.4. The van der Waals surface area contributed by atoms with E-state index in [-0.39, 0.29) is 42.8 Å². The number of halogens is 3. The fourth-order valence-electron chi connectivity index (χ4n) is 3.17. The molecule has 2 unspecified atom stereocenters. The van der Waals surface area contributed by atoms with E-state index in [9.17, 15) is 4.79 Å². The second-order valence-electron chi connectivity index (χ2n) is 6.35. The molecule has 1 aliphatic heterocycles. The molecule has 0 aliphatic carbocycles. The van der Waals surface area contributed by atoms with Crippen molar-refractivity contribution < 1.29 is 9.53 Å². The van der Waals surface area contributed by atoms with Crippen molar-refractivity contribution in [3.05, 3.63) is 53.3 Å². The first kappa shape index (κ1) is 23.5. The first-order chi connectivity index (χ1) is 12.1. The molecule has 8 heteroatoms. The molecular formula is C19H24Cl3N3O2. The lowest BCUT2D eigenvalue weighted by Gasteiger charge is -2.38. The minimum atomic E-state index is -0.0472. The molecule has 2 N–H and O–H groups in total. The van der Waals surface area contributed by atoms with Crippen LogP contribution in [-0.2, 0) is 0 Å². The van der Waals surface area contributed by atoms with Gasteiger partial charge in [-0.05, 0) is 56.5 Å². The van der Waals surface area contributed by atoms with Crippen molar-refractivity contribution in [3.8, 4) is 11.5 Å². The minimum absolute atomic E-state index is 0. The Balaban J connectivity index is 0.00000182. The van der Waals surface area contributed by atoms with Gasteiger partial charge in [0.1, 0.15) is 11.5 Å². The number of hydrogen-bond acceptors (Lipinski definition) is 4. The van der Waals surface area contributed by atoms with E-state index in [0.29, 0.717) is 22.1 Å². The number of likely N-dealkylation sites (tertiary alicyclic amines) is 1. The van der Waals surface area contributed by atoms with E-state index in [2.05, 4.69) is 4.98 Å². The summed E-state index contributed by atoms with van der Waals surface area (Å²) in [7, 11) is 0. The number of ether oxygens (including phenoxy) is 1. The number of pyridine rings is 1. The van der Waals surface area contributed by atoms with Gasteiger partial charge in [-0.3, -0.25) is 9.78 Å². The summed E-state index contributed by atoms with van der Waals surface area (Å²) in [5, 5.41) is 0.400. The lowest BCUT2D eigenvalue weighted by Crippen LogP contribution is -2.51. The molecule has 1 amide bonds. The van der Waals surface area contributed by atoms with Gasteiger partial charge >= 0.3 is 0 Å². The van der Waals surface area contributed by atoms with Crippen LogP contribution in [0.1, 0.15) is 36.5 Å². The molecule has 5 nitrogen and oxygen atoms in total. The molecule has 0 saturated carbocycles. The van der Waals surface area contributed by atoms with Gasteiger partial charge in [0.15, 0.2) is 0 Å². The van der Waals surface area contributed by atoms with Gasteiger partial charge in [-0.1, -0.05) is 11.6 Å². The van der Waals surface area contributed by atoms with Crippen molar-refractivity contribution in [2.45, 2.75) is 38.3 Å². The van der Waals surface area contributed by atoms with Crippen molar-refractivity contribution in [2.75, 3.05) is 6.54 Å². The predicted molar refractivity (Wildman–Crippen MR) is 113 cm³/mol. The zero-order valence-electron chi connectivity index (χ0n) is 15.0. The second-order valence-corrected chi connectivity index (χ2v) is 6.76. The van der Waals surface area contributed by atoms with Crippen LogP contribution in [0.15, 0.2) is 42.7 Å². The van der Waals surface area contributed by atoms with Crippen molar-refractivity contribution in [1.82, 2.24) is 9.88 Å². The fraction of sp³-hybridized carbons (Fsp3) is 0.368. The lowest BCUT2D eigenvalue weighted by molar-refractivity contribution is 0.0584. The Hall–Kier alpha value is -1.53. The van der Waals surface area contributed by atoms with Crippen LogP contribution in [0.4, 0.5) is 0 Å². The predicted octanol–water partition coefficient (Wildman–Crippen LogP) is 4.71. The summed E-state index contributed by atoms with van der Waals surface area (Å²) in [5.74, 6) is 1.12. The summed E-state index contributed by atoms with van der Waals surface area (Å²) in [4.78, 5) is 18.7. The average molecular weight is 433 g/mol. The van der Waals surface area contributed by atoms with Gasteiger partial charge in [0.25, 0.3) is 5.91 Å². The smallest absolute Gasteiger partial charge is 0.254 e. The molecule has 1 saturated heterocycles. The maximum absolute atomic E-state index is 12.9. The minimum Gasteiger partial charge on any atom is -0.456 e. The van der Waals surface area contributed by atoms with Crippen molar-refractivity contribution >= 4 is 42.3 Å². The Morgan fingerprint density at radius 2 is 1.96 bits per heavy atom. The van der Waals surface area contributed by atoms with Crippen LogP contribution in [0.25, 0.3) is 0 Å². The molecule has 2 aromatic rings. The first-order valence-corrected chi connectivity index (χ1v) is 8.88. The molecule has 0 bridgehead atoms. The summed E-state index contributed by atoms with van der Waals surface area (Å²) in [6.45, 7) is 2.69. The van der Waals surface area contributed by atoms with Crippen molar-refractivity contribution in [2.24, 2.45) is 5.73 Å². The maximum atomic E-state index is 12.9. The Morgan fingerprint density at radius 3 is 2.59 bits per heavy atom. The summed E-state index contributed by atoms with van der Waals surface area (Å²) in [5.41, 5.74) is 6.62. The topological polar surface area (TPSA) is 68.5 Å². The molecule has 3 rings (SSSR count). The Morgan fingerprint density at radius 1 is 1.26 bits per heavy atom. The van der Waals surface area contributed by atoms with Crippen LogP contribution in [0.5, 0.6) is 11.5 Å². The Bertz CT molecular complexity index is 744. The summed E-state index contributed by atoms with van der Waals surface area (Å²) in [6, 6.07) is 8.65. The number of carbonyl (C=O) groups excluding carboxylic acids is 1. The van der Waals surface area contributed by atoms with Gasteiger partial charge in [-0.25, -0.2) is 0 Å². The first-order valence-electron chi connectivity index (χ1n) is 8.50. The van der Waals surface area contributed by atoms with Gasteiger partial charge in [-0.15, -0.1) is 24.8 Å². The maximum Gasteiger partial charge on any atom is 0.254 e. The number of benzene rings is 1. The molecule has 2 atom stereocenters. The highest BCUT2D eigenvalue weighted by Gasteiger charge is 2.30. The third-order valence-electron chi connectivity index (χ3n) is 4.47. The number of carbonyl (C=O) groups is 1. The molecule has 1 fully saturated rings. The monoisotopic (exact) mass is 431 g/mol. The van der Waals surface area contributed by atoms with Crippen LogP contribution in [-0.4, -0.2) is 34.4 Å². The van der Waals surface area contributed by atoms with Gasteiger partial charge in [0.2, 0.25) is 0 Å². The van der Waals surface area contributed by atoms with Gasteiger partial charge in [0.05, 0.1) is 5.02 Å². The number of hydrogen-bond donors (Lipinski definition) is 1. The van der Waals surface area contributed by atoms with E-state index >= 15 is 0 Å². The lowest BCUT2D eigenvalue weighted by atomic mass is 9.96. The summed E-state index contributed by atoms with van der Waals surface area (Å²) >= 11 is 6.33. The molecule has 1 aromatic carbocycles. The molecule has 148 valence electrons. The van der Waals surface area contributed by atoms with Gasteiger partial charge in [-0.2, -0.15) is 0 Å². The van der Waals surface area contributed by atoms with E-state index in [1.807, 2.05) is 11.8 Å². The highest BCUT2D eigenvalue weighted by molar-refractivity contribution is 6.32. The number of nitrogens with zero attached hydrogens (tertiary/aromatic N) is 2. The zero-order chi connectivity index (χ0) is 17.8. The molecule has 1 aliphatic rings. The average Bonchev–Trinajstić information content (AvgIpc) is 2.63. The van der Waals surface area contributed by atoms with Crippen LogP contribution >= 0.6 is 36.4 Å². The second kappa shape index (κ2) is 10.7. The van der Waals surface area contributed by atoms with Crippen LogP contribution < -0.4 is 10.5 Å². The third kappa shape index (κ3) is 5.72. The van der Waals surface area contributed by atoms with Crippen LogP contribution in [0.3, 0.4) is 0 Å². The summed E-state index contributed by atoms with van der Waals surface area (Å²) in [6.07, 6.45) is 6.35. The number of rotatable bonds is 4. The Kier molecular flexibility index (Phi) is 9.33. The number of aromatic nitrogens is 1. The van der Waals surface area contributed by atoms with E-state index in [4.69, 9.17) is 22.1 Å². The SMILES string of the molecule is CC(N)C1CCCCN1C(=O)c1ccc(Oc2ccncc2)c(Cl)c1.Cl.Cl. The fourth-order valence-corrected chi connectivity index (χ4v) is 3.39. The highest BCUT2D eigenvalue weighted by atomic mass is 35.5. The third-order valence-corrected chi connectivity index (χ3v) is 4.77. The Labute approximate surface area is 177 Å². The van der Waals surface area contributed by atoms with Gasteiger partial charge in [0, 0.05) is 36.6 Å². The van der Waals surface area contributed by atoms with Crippen LogP contribution in [0.2, 0.25) is 5.02 Å². The quantitative estimate of drug-likeness (QED) is 0.759. The molecule has 1 aromatic heterocycles. The molecular weight excluding hydrogens is 409 g/mol. The summed E-state index contributed by atoms with van der Waals surface area (Å²) < 4.78 is 5.73. The largest absolute Gasteiger partial charge is 0.456 e. The van der Waals surface area contributed by atoms with E-state index in [1.165, 1.54) is 0 Å². The highest BCUT2D eigenvalue weighted by Crippen LogP contribution is 2.31. The normalized spacial score (nSPS) is 17.3. The number of amides is 1. The van der Waals surface area contributed by atoms with E-state index in [0.717, 1.165) is 25.8 Å². The number of piperidine rings is 1. The molecule has 27 heavy (non-hydrogen) atoms. The van der Waals surface area contributed by atoms with Gasteiger partial charge < -0.3 is 15.4 Å². The van der Waals surface area contributed by atoms with E-state index in [1.54, 1.807) is 42.7 Å². The molecule has 2 heterocycles. The molecule has 0 radical (unpaired) electrons. The molecule has 0 spiro atoms. The van der Waals surface area contributed by atoms with E-state index < -0.39 is 0 Å². The van der Waals surface area contributed by atoms with Crippen molar-refractivity contribution in [1.29, 1.82) is 0 Å². The standard InChI is InChI=1S/C19H22ClN3O2.2ClH/c1-13(21)17-4-2-3-11-23(17)19(24)14-5-6-18(16(20)12-14)25-15-7-9-22-10-8-15;;/h5-10,12-13,17H,2-4,11,21H2,1H3;2*1H. The van der Waals surface area contributed by atoms with Crippen molar-refractivity contribution in [3.63, 3.8) is 0 Å². The number of nitrogens with two attached hydrogens (primary N) is 1.